The molecule has 0 saturated carbocycles. The first kappa shape index (κ1) is 11.5. The third-order valence-electron chi connectivity index (χ3n) is 5.08. The summed E-state index contributed by atoms with van der Waals surface area (Å²) in [6.45, 7) is 0. The summed E-state index contributed by atoms with van der Waals surface area (Å²) in [6.07, 6.45) is 0. The number of nitrogens with one attached hydrogen (secondary N) is 1. The van der Waals surface area contributed by atoms with Gasteiger partial charge >= 0.3 is 0 Å². The zero-order valence-electron chi connectivity index (χ0n) is 12.4. The van der Waals surface area contributed by atoms with Crippen molar-refractivity contribution in [1.29, 1.82) is 0 Å². The fourth-order valence-electron chi connectivity index (χ4n) is 3.92. The molecule has 1 N–H and O–H groups in total. The lowest BCUT2D eigenvalue weighted by Crippen LogP contribution is -1.80. The molecule has 0 aliphatic carbocycles. The number of hydrogen-bond donors (Lipinski definition) is 1. The summed E-state index contributed by atoms with van der Waals surface area (Å²) in [4.78, 5) is 0. The minimum atomic E-state index is 1.30. The predicted octanol–water partition coefficient (Wildman–Crippen LogP) is 6.36. The van der Waals surface area contributed by atoms with E-state index in [0.29, 0.717) is 0 Å². The number of hydrogen-bond acceptors (Lipinski definition) is 1. The molecule has 1 heterocycles. The number of benzene rings is 5. The summed E-state index contributed by atoms with van der Waals surface area (Å²) in [6, 6.07) is 26.5. The summed E-state index contributed by atoms with van der Waals surface area (Å²) in [7, 11) is 0. The van der Waals surface area contributed by atoms with Crippen LogP contribution in [0.25, 0.3) is 43.1 Å². The normalized spacial score (nSPS) is 12.7. The van der Waals surface area contributed by atoms with Crippen molar-refractivity contribution in [3.8, 4) is 0 Å². The Morgan fingerprint density at radius 1 is 0.435 bits per heavy atom. The van der Waals surface area contributed by atoms with Gasteiger partial charge in [-0.15, -0.1) is 0 Å². The fraction of sp³-hybridized carbons (Fsp3) is 0. The largest absolute Gasteiger partial charge is 0.351 e. The highest BCUT2D eigenvalue weighted by Crippen LogP contribution is 2.52. The molecule has 0 aromatic heterocycles. The van der Waals surface area contributed by atoms with Crippen LogP contribution in [-0.4, -0.2) is 0 Å². The standard InChI is InChI=1S/C22H13N/c1-2-6-15-13(5-1)9-10-14-11-19-16-7-3-4-8-17(16)21-22(23-21)20(19)12-18(14)15/h1-12,23H. The monoisotopic (exact) mass is 291 g/mol. The fourth-order valence-corrected chi connectivity index (χ4v) is 3.92. The van der Waals surface area contributed by atoms with Gasteiger partial charge in [-0.2, -0.15) is 0 Å². The quantitative estimate of drug-likeness (QED) is 0.196. The topological polar surface area (TPSA) is 21.9 Å². The van der Waals surface area contributed by atoms with Crippen LogP contribution in [0.4, 0.5) is 11.4 Å². The molecular weight excluding hydrogens is 278 g/mol. The van der Waals surface area contributed by atoms with Crippen molar-refractivity contribution in [3.05, 3.63) is 72.8 Å². The zero-order valence-corrected chi connectivity index (χ0v) is 12.4. The van der Waals surface area contributed by atoms with Crippen LogP contribution in [-0.2, 0) is 0 Å². The Morgan fingerprint density at radius 2 is 1.13 bits per heavy atom. The lowest BCUT2D eigenvalue weighted by Gasteiger charge is -2.07. The van der Waals surface area contributed by atoms with Crippen molar-refractivity contribution in [1.82, 2.24) is 0 Å². The van der Waals surface area contributed by atoms with Crippen molar-refractivity contribution in [3.63, 3.8) is 0 Å². The van der Waals surface area contributed by atoms with Crippen molar-refractivity contribution < 1.29 is 0 Å². The van der Waals surface area contributed by atoms with Gasteiger partial charge in [0.2, 0.25) is 0 Å². The van der Waals surface area contributed by atoms with Gasteiger partial charge < -0.3 is 5.32 Å². The molecular formula is C22H13N. The maximum Gasteiger partial charge on any atom is 0.0710 e. The van der Waals surface area contributed by atoms with Gasteiger partial charge in [-0.25, -0.2) is 0 Å². The van der Waals surface area contributed by atoms with Crippen LogP contribution >= 0.6 is 0 Å². The molecule has 1 aliphatic heterocycles. The average Bonchev–Trinajstić information content (AvgIpc) is 3.42. The smallest absolute Gasteiger partial charge is 0.0710 e. The maximum absolute atomic E-state index is 3.49. The van der Waals surface area contributed by atoms with Gasteiger partial charge in [0.25, 0.3) is 0 Å². The van der Waals surface area contributed by atoms with Crippen LogP contribution in [0.3, 0.4) is 0 Å². The van der Waals surface area contributed by atoms with Crippen molar-refractivity contribution in [2.24, 2.45) is 0 Å². The van der Waals surface area contributed by atoms with Gasteiger partial charge in [0.1, 0.15) is 0 Å². The summed E-state index contributed by atoms with van der Waals surface area (Å²) < 4.78 is 0. The van der Waals surface area contributed by atoms with E-state index in [4.69, 9.17) is 0 Å². The summed E-state index contributed by atoms with van der Waals surface area (Å²) in [5.41, 5.74) is 2.60. The van der Waals surface area contributed by atoms with Crippen molar-refractivity contribution in [2.75, 3.05) is 5.32 Å². The summed E-state index contributed by atoms with van der Waals surface area (Å²) in [5, 5.41) is 14.1. The molecule has 0 unspecified atom stereocenters. The first-order chi connectivity index (χ1) is 11.4. The Hall–Kier alpha value is -3.06. The second-order valence-electron chi connectivity index (χ2n) is 6.33. The van der Waals surface area contributed by atoms with Crippen LogP contribution in [0.15, 0.2) is 72.8 Å². The van der Waals surface area contributed by atoms with E-state index in [1.165, 1.54) is 54.5 Å². The molecule has 0 saturated heterocycles. The minimum Gasteiger partial charge on any atom is -0.351 e. The van der Waals surface area contributed by atoms with Crippen molar-refractivity contribution in [2.45, 2.75) is 0 Å². The molecule has 0 amide bonds. The van der Waals surface area contributed by atoms with E-state index in [9.17, 15) is 0 Å². The van der Waals surface area contributed by atoms with Crippen LogP contribution in [0, 0.1) is 0 Å². The Balaban J connectivity index is 1.89. The highest BCUT2D eigenvalue weighted by Gasteiger charge is 2.24. The Morgan fingerprint density at radius 3 is 2.04 bits per heavy atom. The maximum atomic E-state index is 3.49. The number of rotatable bonds is 0. The summed E-state index contributed by atoms with van der Waals surface area (Å²) >= 11 is 0. The van der Waals surface area contributed by atoms with Crippen LogP contribution in [0.2, 0.25) is 0 Å². The molecule has 6 rings (SSSR count). The molecule has 5 aromatic rings. The molecule has 1 heteroatoms. The molecule has 0 atom stereocenters. The lowest BCUT2D eigenvalue weighted by molar-refractivity contribution is 1.79. The molecule has 0 radical (unpaired) electrons. The Bertz CT molecular complexity index is 1280. The van der Waals surface area contributed by atoms with E-state index in [1.807, 2.05) is 0 Å². The van der Waals surface area contributed by atoms with Crippen LogP contribution in [0.5, 0.6) is 0 Å². The molecule has 0 bridgehead atoms. The molecule has 5 aromatic carbocycles. The molecule has 1 nitrogen and oxygen atoms in total. The number of fused-ring (bicyclic) bond motifs is 9. The van der Waals surface area contributed by atoms with E-state index in [0.717, 1.165) is 0 Å². The minimum absolute atomic E-state index is 1.30. The third-order valence-corrected chi connectivity index (χ3v) is 5.08. The second kappa shape index (κ2) is 3.82. The number of anilines is 2. The van der Waals surface area contributed by atoms with Gasteiger partial charge in [-0.1, -0.05) is 60.7 Å². The van der Waals surface area contributed by atoms with E-state index in [-0.39, 0.29) is 0 Å². The van der Waals surface area contributed by atoms with Gasteiger partial charge in [0.05, 0.1) is 11.4 Å². The van der Waals surface area contributed by atoms with Gasteiger partial charge in [0.15, 0.2) is 0 Å². The molecule has 1 aliphatic rings. The van der Waals surface area contributed by atoms with Crippen LogP contribution in [0.1, 0.15) is 0 Å². The van der Waals surface area contributed by atoms with Crippen LogP contribution < -0.4 is 5.32 Å². The van der Waals surface area contributed by atoms with Gasteiger partial charge in [0, 0.05) is 10.8 Å². The lowest BCUT2D eigenvalue weighted by atomic mass is 9.95. The molecule has 106 valence electrons. The van der Waals surface area contributed by atoms with Crippen molar-refractivity contribution >= 4 is 54.5 Å². The molecule has 23 heavy (non-hydrogen) atoms. The summed E-state index contributed by atoms with van der Waals surface area (Å²) in [5.74, 6) is 0. The van der Waals surface area contributed by atoms with E-state index in [1.54, 1.807) is 0 Å². The highest BCUT2D eigenvalue weighted by atomic mass is 15.0. The molecule has 0 spiro atoms. The van der Waals surface area contributed by atoms with E-state index < -0.39 is 0 Å². The average molecular weight is 291 g/mol. The van der Waals surface area contributed by atoms with E-state index >= 15 is 0 Å². The van der Waals surface area contributed by atoms with E-state index in [2.05, 4.69) is 78.1 Å². The van der Waals surface area contributed by atoms with Gasteiger partial charge in [-0.3, -0.25) is 0 Å². The Kier molecular flexibility index (Phi) is 1.91. The first-order valence-electron chi connectivity index (χ1n) is 7.97. The van der Waals surface area contributed by atoms with Gasteiger partial charge in [-0.05, 0) is 44.5 Å². The molecule has 0 fully saturated rings. The zero-order chi connectivity index (χ0) is 15.0. The SMILES string of the molecule is c1ccc2c(c1)ccc1cc3c(cc12)c1c(c2ccccc23)N1. The second-order valence-corrected chi connectivity index (χ2v) is 6.33. The highest BCUT2D eigenvalue weighted by molar-refractivity contribution is 6.30. The third kappa shape index (κ3) is 1.42. The Labute approximate surface area is 133 Å². The predicted molar refractivity (Wildman–Crippen MR) is 99.7 cm³/mol. The first-order valence-corrected chi connectivity index (χ1v) is 7.97.